The van der Waals surface area contributed by atoms with E-state index in [4.69, 9.17) is 4.74 Å². The Morgan fingerprint density at radius 2 is 1.94 bits per heavy atom. The van der Waals surface area contributed by atoms with Gasteiger partial charge in [0.2, 0.25) is 15.9 Å². The van der Waals surface area contributed by atoms with Gasteiger partial charge in [-0.15, -0.1) is 0 Å². The fourth-order valence-electron chi connectivity index (χ4n) is 4.26. The van der Waals surface area contributed by atoms with Crippen molar-refractivity contribution in [2.24, 2.45) is 11.8 Å². The second-order valence-electron chi connectivity index (χ2n) is 9.56. The largest absolute Gasteiger partial charge is 0.487 e. The van der Waals surface area contributed by atoms with Gasteiger partial charge in [-0.3, -0.25) is 9.78 Å². The maximum absolute atomic E-state index is 13.6. The SMILES string of the molecule is C[C@@H]1CN([C@H](C)CO)S(=O)(=O)c2ccc(-c3ccncc3)cc2O[C@H]1CN(C)C(=O)CC1CC1. The lowest BCUT2D eigenvalue weighted by molar-refractivity contribution is -0.131. The van der Waals surface area contributed by atoms with Gasteiger partial charge < -0.3 is 14.7 Å². The highest BCUT2D eigenvalue weighted by atomic mass is 32.2. The van der Waals surface area contributed by atoms with E-state index in [0.29, 0.717) is 18.9 Å². The average molecular weight is 488 g/mol. The number of nitrogens with zero attached hydrogens (tertiary/aromatic N) is 3. The van der Waals surface area contributed by atoms with Crippen molar-refractivity contribution in [1.82, 2.24) is 14.2 Å². The molecule has 2 aromatic rings. The van der Waals surface area contributed by atoms with Crippen LogP contribution in [0.15, 0.2) is 47.6 Å². The number of likely N-dealkylation sites (N-methyl/N-ethyl adjacent to an activating group) is 1. The minimum Gasteiger partial charge on any atom is -0.487 e. The predicted octanol–water partition coefficient (Wildman–Crippen LogP) is 2.78. The predicted molar refractivity (Wildman–Crippen MR) is 129 cm³/mol. The molecule has 1 aliphatic heterocycles. The van der Waals surface area contributed by atoms with Crippen molar-refractivity contribution in [2.45, 2.75) is 50.2 Å². The Kier molecular flexibility index (Phi) is 7.25. The molecule has 0 radical (unpaired) electrons. The lowest BCUT2D eigenvalue weighted by atomic mass is 10.0. The molecule has 184 valence electrons. The molecule has 8 nitrogen and oxygen atoms in total. The van der Waals surface area contributed by atoms with Gasteiger partial charge in [0.1, 0.15) is 16.7 Å². The van der Waals surface area contributed by atoms with Gasteiger partial charge in [-0.25, -0.2) is 8.42 Å². The molecule has 34 heavy (non-hydrogen) atoms. The minimum atomic E-state index is -3.91. The Morgan fingerprint density at radius 3 is 2.59 bits per heavy atom. The first kappa shape index (κ1) is 24.6. The highest BCUT2D eigenvalue weighted by Gasteiger charge is 2.38. The number of aromatic nitrogens is 1. The van der Waals surface area contributed by atoms with Gasteiger partial charge in [-0.05, 0) is 61.1 Å². The summed E-state index contributed by atoms with van der Waals surface area (Å²) in [6, 6.07) is 8.16. The molecule has 9 heteroatoms. The fraction of sp³-hybridized carbons (Fsp3) is 0.520. The number of hydrogen-bond donors (Lipinski definition) is 1. The zero-order chi connectivity index (χ0) is 24.5. The summed E-state index contributed by atoms with van der Waals surface area (Å²) in [5.74, 6) is 0.612. The smallest absolute Gasteiger partial charge is 0.247 e. The summed E-state index contributed by atoms with van der Waals surface area (Å²) in [5, 5.41) is 9.79. The van der Waals surface area contributed by atoms with Crippen LogP contribution < -0.4 is 4.74 Å². The van der Waals surface area contributed by atoms with Crippen LogP contribution in [0.1, 0.15) is 33.1 Å². The third-order valence-electron chi connectivity index (χ3n) is 6.72. The first-order valence-electron chi connectivity index (χ1n) is 11.8. The number of aliphatic hydroxyl groups is 1. The number of rotatable bonds is 7. The summed E-state index contributed by atoms with van der Waals surface area (Å²) in [4.78, 5) is 18.5. The maximum atomic E-state index is 13.6. The molecule has 0 saturated heterocycles. The molecule has 1 amide bonds. The number of fused-ring (bicyclic) bond motifs is 1. The number of carbonyl (C=O) groups excluding carboxylic acids is 1. The third kappa shape index (κ3) is 5.26. The molecule has 0 spiro atoms. The maximum Gasteiger partial charge on any atom is 0.247 e. The van der Waals surface area contributed by atoms with Gasteiger partial charge in [0, 0.05) is 44.4 Å². The standard InChI is InChI=1S/C25H33N3O5S/c1-17-14-28(18(2)16-29)34(31,32)24-7-6-21(20-8-10-26-11-9-20)13-22(24)33-23(17)15-27(3)25(30)12-19-4-5-19/h6-11,13,17-19,23,29H,4-5,12,14-16H2,1-3H3/t17-,18-,23+/m1/s1. The molecule has 1 saturated carbocycles. The summed E-state index contributed by atoms with van der Waals surface area (Å²) < 4.78 is 34.9. The molecular weight excluding hydrogens is 454 g/mol. The average Bonchev–Trinajstić information content (AvgIpc) is 3.65. The summed E-state index contributed by atoms with van der Waals surface area (Å²) in [7, 11) is -2.13. The zero-order valence-corrected chi connectivity index (χ0v) is 20.7. The Balaban J connectivity index is 1.72. The van der Waals surface area contributed by atoms with Crippen LogP contribution in [0.3, 0.4) is 0 Å². The van der Waals surface area contributed by atoms with E-state index in [0.717, 1.165) is 24.0 Å². The monoisotopic (exact) mass is 487 g/mol. The normalized spacial score (nSPS) is 23.2. The summed E-state index contributed by atoms with van der Waals surface area (Å²) in [5.41, 5.74) is 1.70. The highest BCUT2D eigenvalue weighted by Crippen LogP contribution is 2.37. The van der Waals surface area contributed by atoms with E-state index in [-0.39, 0.29) is 35.6 Å². The summed E-state index contributed by atoms with van der Waals surface area (Å²) in [6.07, 6.45) is 5.70. The van der Waals surface area contributed by atoms with E-state index in [9.17, 15) is 18.3 Å². The van der Waals surface area contributed by atoms with Gasteiger partial charge in [0.15, 0.2) is 0 Å². The van der Waals surface area contributed by atoms with Crippen LogP contribution in [-0.4, -0.2) is 72.5 Å². The molecule has 1 aromatic heterocycles. The second-order valence-corrected chi connectivity index (χ2v) is 11.4. The highest BCUT2D eigenvalue weighted by molar-refractivity contribution is 7.89. The molecule has 1 aromatic carbocycles. The van der Waals surface area contributed by atoms with Crippen molar-refractivity contribution in [3.8, 4) is 16.9 Å². The van der Waals surface area contributed by atoms with E-state index in [1.165, 1.54) is 4.31 Å². The van der Waals surface area contributed by atoms with Gasteiger partial charge in [0.05, 0.1) is 13.2 Å². The topological polar surface area (TPSA) is 100 Å². The first-order valence-corrected chi connectivity index (χ1v) is 13.2. The number of sulfonamides is 1. The summed E-state index contributed by atoms with van der Waals surface area (Å²) >= 11 is 0. The van der Waals surface area contributed by atoms with Crippen LogP contribution in [0, 0.1) is 11.8 Å². The van der Waals surface area contributed by atoms with Gasteiger partial charge in [-0.1, -0.05) is 13.0 Å². The molecule has 0 bridgehead atoms. The van der Waals surface area contributed by atoms with Crippen molar-refractivity contribution in [3.05, 3.63) is 42.7 Å². The van der Waals surface area contributed by atoms with Crippen LogP contribution in [0.2, 0.25) is 0 Å². The van der Waals surface area contributed by atoms with Crippen LogP contribution in [0.4, 0.5) is 0 Å². The van der Waals surface area contributed by atoms with E-state index >= 15 is 0 Å². The van der Waals surface area contributed by atoms with Crippen molar-refractivity contribution >= 4 is 15.9 Å². The first-order chi connectivity index (χ1) is 16.2. The quantitative estimate of drug-likeness (QED) is 0.645. The van der Waals surface area contributed by atoms with Crippen LogP contribution in [0.25, 0.3) is 11.1 Å². The lowest BCUT2D eigenvalue weighted by Gasteiger charge is -2.37. The van der Waals surface area contributed by atoms with Crippen molar-refractivity contribution in [2.75, 3.05) is 26.7 Å². The fourth-order valence-corrected chi connectivity index (χ4v) is 6.09. The third-order valence-corrected chi connectivity index (χ3v) is 8.74. The molecule has 1 N–H and O–H groups in total. The second kappa shape index (κ2) is 10.0. The lowest BCUT2D eigenvalue weighted by Crippen LogP contribution is -2.50. The summed E-state index contributed by atoms with van der Waals surface area (Å²) in [6.45, 7) is 3.87. The van der Waals surface area contributed by atoms with Crippen molar-refractivity contribution < 1.29 is 23.1 Å². The van der Waals surface area contributed by atoms with Gasteiger partial charge in [-0.2, -0.15) is 4.31 Å². The van der Waals surface area contributed by atoms with E-state index in [2.05, 4.69) is 4.98 Å². The van der Waals surface area contributed by atoms with Crippen LogP contribution in [-0.2, 0) is 14.8 Å². The minimum absolute atomic E-state index is 0.0643. The molecule has 2 heterocycles. The van der Waals surface area contributed by atoms with E-state index in [1.807, 2.05) is 19.1 Å². The number of carbonyl (C=O) groups is 1. The zero-order valence-electron chi connectivity index (χ0n) is 19.9. The molecule has 0 unspecified atom stereocenters. The van der Waals surface area contributed by atoms with E-state index < -0.39 is 22.2 Å². The van der Waals surface area contributed by atoms with Crippen LogP contribution >= 0.6 is 0 Å². The Bertz CT molecular complexity index is 1120. The number of amides is 1. The molecule has 4 rings (SSSR count). The number of pyridine rings is 1. The number of ether oxygens (including phenoxy) is 1. The van der Waals surface area contributed by atoms with Gasteiger partial charge in [0.25, 0.3) is 0 Å². The molecule has 1 fully saturated rings. The Labute approximate surface area is 201 Å². The van der Waals surface area contributed by atoms with Crippen molar-refractivity contribution in [3.63, 3.8) is 0 Å². The van der Waals surface area contributed by atoms with Crippen LogP contribution in [0.5, 0.6) is 5.75 Å². The number of benzene rings is 1. The molecule has 1 aliphatic carbocycles. The van der Waals surface area contributed by atoms with E-state index in [1.54, 1.807) is 49.5 Å². The van der Waals surface area contributed by atoms with Crippen molar-refractivity contribution in [1.29, 1.82) is 0 Å². The number of aliphatic hydroxyl groups excluding tert-OH is 1. The molecular formula is C25H33N3O5S. The number of hydrogen-bond acceptors (Lipinski definition) is 6. The Hall–Kier alpha value is -2.49. The Morgan fingerprint density at radius 1 is 1.24 bits per heavy atom. The molecule has 3 atom stereocenters. The molecule has 2 aliphatic rings. The van der Waals surface area contributed by atoms with Gasteiger partial charge >= 0.3 is 0 Å².